The lowest BCUT2D eigenvalue weighted by Crippen LogP contribution is -2.65. The van der Waals surface area contributed by atoms with E-state index in [0.717, 1.165) is 26.2 Å². The molecule has 0 aromatic heterocycles. The largest absolute Gasteiger partial charge is 0.480 e. The maximum absolute atomic E-state index is 11.7. The molecule has 0 radical (unpaired) electrons. The Morgan fingerprint density at radius 2 is 1.88 bits per heavy atom. The van der Waals surface area contributed by atoms with E-state index in [9.17, 15) is 9.90 Å². The van der Waals surface area contributed by atoms with Crippen molar-refractivity contribution in [3.8, 4) is 0 Å². The number of hydrogen-bond acceptors (Lipinski definition) is 4. The molecule has 1 rings (SSSR count). The van der Waals surface area contributed by atoms with Crippen molar-refractivity contribution in [1.29, 1.82) is 0 Å². The SMILES string of the molecule is COCC(C(=O)O)(C(C)C)N1CCN(C)CC1. The molecular formula is C12H24N2O3. The number of carbonyl (C=O) groups is 1. The second-order valence-electron chi connectivity index (χ2n) is 5.11. The highest BCUT2D eigenvalue weighted by Gasteiger charge is 2.47. The predicted molar refractivity (Wildman–Crippen MR) is 66.2 cm³/mol. The highest BCUT2D eigenvalue weighted by Crippen LogP contribution is 2.27. The summed E-state index contributed by atoms with van der Waals surface area (Å²) < 4.78 is 5.17. The lowest BCUT2D eigenvalue weighted by Gasteiger charge is -2.46. The zero-order valence-electron chi connectivity index (χ0n) is 11.3. The molecule has 100 valence electrons. The summed E-state index contributed by atoms with van der Waals surface area (Å²) in [5.74, 6) is -0.762. The normalized spacial score (nSPS) is 22.6. The van der Waals surface area contributed by atoms with Crippen LogP contribution in [0.25, 0.3) is 0 Å². The Morgan fingerprint density at radius 3 is 2.24 bits per heavy atom. The smallest absolute Gasteiger partial charge is 0.326 e. The lowest BCUT2D eigenvalue weighted by molar-refractivity contribution is -0.162. The van der Waals surface area contributed by atoms with E-state index in [1.807, 2.05) is 13.8 Å². The summed E-state index contributed by atoms with van der Waals surface area (Å²) in [6.45, 7) is 7.52. The van der Waals surface area contributed by atoms with Crippen LogP contribution >= 0.6 is 0 Å². The number of ether oxygens (including phenoxy) is 1. The summed E-state index contributed by atoms with van der Waals surface area (Å²) >= 11 is 0. The summed E-state index contributed by atoms with van der Waals surface area (Å²) in [4.78, 5) is 16.0. The van der Waals surface area contributed by atoms with Crippen LogP contribution < -0.4 is 0 Å². The van der Waals surface area contributed by atoms with Gasteiger partial charge in [-0.25, -0.2) is 0 Å². The number of piperazine rings is 1. The van der Waals surface area contributed by atoms with Gasteiger partial charge in [0.05, 0.1) is 6.61 Å². The van der Waals surface area contributed by atoms with E-state index < -0.39 is 11.5 Å². The third-order valence-electron chi connectivity index (χ3n) is 3.76. The number of methoxy groups -OCH3 is 1. The average Bonchev–Trinajstić information content (AvgIpc) is 2.26. The second-order valence-corrected chi connectivity index (χ2v) is 5.11. The van der Waals surface area contributed by atoms with Crippen LogP contribution in [-0.4, -0.2) is 73.4 Å². The van der Waals surface area contributed by atoms with Crippen LogP contribution in [0.1, 0.15) is 13.8 Å². The lowest BCUT2D eigenvalue weighted by atomic mass is 9.84. The number of nitrogens with zero attached hydrogens (tertiary/aromatic N) is 2. The maximum Gasteiger partial charge on any atom is 0.326 e. The third-order valence-corrected chi connectivity index (χ3v) is 3.76. The fourth-order valence-electron chi connectivity index (χ4n) is 2.49. The molecule has 5 heteroatoms. The van der Waals surface area contributed by atoms with E-state index in [1.54, 1.807) is 7.11 Å². The molecule has 1 heterocycles. The van der Waals surface area contributed by atoms with Gasteiger partial charge in [-0.1, -0.05) is 13.8 Å². The number of rotatable bonds is 5. The molecule has 1 aliphatic heterocycles. The fraction of sp³-hybridized carbons (Fsp3) is 0.917. The number of carboxylic acids is 1. The first kappa shape index (κ1) is 14.4. The van der Waals surface area contributed by atoms with Gasteiger partial charge in [-0.15, -0.1) is 0 Å². The van der Waals surface area contributed by atoms with Gasteiger partial charge in [0.25, 0.3) is 0 Å². The Labute approximate surface area is 103 Å². The minimum Gasteiger partial charge on any atom is -0.480 e. The van der Waals surface area contributed by atoms with Gasteiger partial charge >= 0.3 is 5.97 Å². The van der Waals surface area contributed by atoms with Crippen LogP contribution in [0.15, 0.2) is 0 Å². The first-order valence-electron chi connectivity index (χ1n) is 6.11. The Bertz CT molecular complexity index is 262. The molecular weight excluding hydrogens is 220 g/mol. The van der Waals surface area contributed by atoms with Crippen LogP contribution in [0.3, 0.4) is 0 Å². The van der Waals surface area contributed by atoms with E-state index in [2.05, 4.69) is 16.8 Å². The van der Waals surface area contributed by atoms with Gasteiger partial charge in [0.1, 0.15) is 5.54 Å². The van der Waals surface area contributed by atoms with Crippen molar-refractivity contribution in [3.63, 3.8) is 0 Å². The zero-order chi connectivity index (χ0) is 13.1. The van der Waals surface area contributed by atoms with E-state index >= 15 is 0 Å². The first-order chi connectivity index (χ1) is 7.95. The molecule has 0 aliphatic carbocycles. The van der Waals surface area contributed by atoms with Gasteiger partial charge in [-0.3, -0.25) is 9.69 Å². The molecule has 1 aliphatic rings. The molecule has 0 spiro atoms. The summed E-state index contributed by atoms with van der Waals surface area (Å²) in [7, 11) is 3.63. The molecule has 1 N–H and O–H groups in total. The van der Waals surface area contributed by atoms with Crippen LogP contribution in [0, 0.1) is 5.92 Å². The van der Waals surface area contributed by atoms with Crippen LogP contribution in [0.4, 0.5) is 0 Å². The summed E-state index contributed by atoms with van der Waals surface area (Å²) in [6.07, 6.45) is 0. The second kappa shape index (κ2) is 5.80. The Kier molecular flexibility index (Phi) is 4.91. The molecule has 0 amide bonds. The molecule has 1 unspecified atom stereocenters. The van der Waals surface area contributed by atoms with Crippen molar-refractivity contribution < 1.29 is 14.6 Å². The van der Waals surface area contributed by atoms with Crippen LogP contribution in [0.2, 0.25) is 0 Å². The average molecular weight is 244 g/mol. The molecule has 1 saturated heterocycles. The monoisotopic (exact) mass is 244 g/mol. The highest BCUT2D eigenvalue weighted by atomic mass is 16.5. The number of aliphatic carboxylic acids is 1. The number of carboxylic acid groups (broad SMARTS) is 1. The van der Waals surface area contributed by atoms with Crippen molar-refractivity contribution in [2.24, 2.45) is 5.92 Å². The Morgan fingerprint density at radius 1 is 1.35 bits per heavy atom. The highest BCUT2D eigenvalue weighted by molar-refractivity contribution is 5.79. The molecule has 17 heavy (non-hydrogen) atoms. The standard InChI is InChI=1S/C12H24N2O3/c1-10(2)12(9-17-4,11(15)16)14-7-5-13(3)6-8-14/h10H,5-9H2,1-4H3,(H,15,16). The summed E-state index contributed by atoms with van der Waals surface area (Å²) in [5.41, 5.74) is -0.893. The molecule has 5 nitrogen and oxygen atoms in total. The molecule has 1 atom stereocenters. The molecule has 0 aromatic rings. The van der Waals surface area contributed by atoms with Crippen LogP contribution in [-0.2, 0) is 9.53 Å². The van der Waals surface area contributed by atoms with E-state index in [-0.39, 0.29) is 12.5 Å². The van der Waals surface area contributed by atoms with E-state index in [1.165, 1.54) is 0 Å². The van der Waals surface area contributed by atoms with E-state index in [0.29, 0.717) is 0 Å². The molecule has 0 bridgehead atoms. The predicted octanol–water partition coefficient (Wildman–Crippen LogP) is 0.360. The van der Waals surface area contributed by atoms with Gasteiger partial charge in [0, 0.05) is 33.3 Å². The molecule has 1 fully saturated rings. The summed E-state index contributed by atoms with van der Waals surface area (Å²) in [5, 5.41) is 9.61. The van der Waals surface area contributed by atoms with Gasteiger partial charge in [0.15, 0.2) is 0 Å². The molecule has 0 aromatic carbocycles. The summed E-state index contributed by atoms with van der Waals surface area (Å²) in [6, 6.07) is 0. The minimum atomic E-state index is -0.893. The van der Waals surface area contributed by atoms with Gasteiger partial charge in [0.2, 0.25) is 0 Å². The zero-order valence-corrected chi connectivity index (χ0v) is 11.3. The van der Waals surface area contributed by atoms with Crippen molar-refractivity contribution in [3.05, 3.63) is 0 Å². The van der Waals surface area contributed by atoms with Crippen molar-refractivity contribution in [2.75, 3.05) is 46.9 Å². The van der Waals surface area contributed by atoms with Crippen molar-refractivity contribution in [1.82, 2.24) is 9.80 Å². The van der Waals surface area contributed by atoms with Gasteiger partial charge in [-0.2, -0.15) is 0 Å². The fourth-order valence-corrected chi connectivity index (χ4v) is 2.49. The quantitative estimate of drug-likeness (QED) is 0.757. The van der Waals surface area contributed by atoms with Gasteiger partial charge < -0.3 is 14.7 Å². The van der Waals surface area contributed by atoms with Crippen molar-refractivity contribution >= 4 is 5.97 Å². The van der Waals surface area contributed by atoms with Crippen molar-refractivity contribution in [2.45, 2.75) is 19.4 Å². The van der Waals surface area contributed by atoms with E-state index in [4.69, 9.17) is 4.74 Å². The molecule has 0 saturated carbocycles. The number of hydrogen-bond donors (Lipinski definition) is 1. The number of likely N-dealkylation sites (N-methyl/N-ethyl adjacent to an activating group) is 1. The topological polar surface area (TPSA) is 53.0 Å². The van der Waals surface area contributed by atoms with Gasteiger partial charge in [-0.05, 0) is 13.0 Å². The van der Waals surface area contributed by atoms with Crippen LogP contribution in [0.5, 0.6) is 0 Å². The minimum absolute atomic E-state index is 0.0170. The third kappa shape index (κ3) is 2.78. The first-order valence-corrected chi connectivity index (χ1v) is 6.11. The maximum atomic E-state index is 11.7. The Balaban J connectivity index is 2.92. The Hall–Kier alpha value is -0.650.